The van der Waals surface area contributed by atoms with Gasteiger partial charge < -0.3 is 5.11 Å². The molecule has 0 amide bonds. The first-order valence-corrected chi connectivity index (χ1v) is 6.89. The van der Waals surface area contributed by atoms with Gasteiger partial charge in [0.1, 0.15) is 5.82 Å². The molecule has 1 aromatic carbocycles. The summed E-state index contributed by atoms with van der Waals surface area (Å²) in [6.07, 6.45) is 2.03. The number of carbonyl (C=O) groups is 1. The summed E-state index contributed by atoms with van der Waals surface area (Å²) in [5.41, 5.74) is 0.742. The van der Waals surface area contributed by atoms with Gasteiger partial charge in [0, 0.05) is 15.4 Å². The normalized spacial score (nSPS) is 14.6. The molecule has 0 spiro atoms. The molecule has 7 heteroatoms. The smallest absolute Gasteiger partial charge is 0.375 e. The molecule has 2 aromatic rings. The molecule has 0 radical (unpaired) electrons. The van der Waals surface area contributed by atoms with Gasteiger partial charge in [0.15, 0.2) is 0 Å². The number of aromatic nitrogens is 3. The van der Waals surface area contributed by atoms with E-state index >= 15 is 0 Å². The fourth-order valence-electron chi connectivity index (χ4n) is 1.85. The van der Waals surface area contributed by atoms with Crippen LogP contribution < -0.4 is 0 Å². The third-order valence-corrected chi connectivity index (χ3v) is 3.77. The fraction of sp³-hybridized carbons (Fsp3) is 0.250. The van der Waals surface area contributed by atoms with Crippen molar-refractivity contribution in [1.29, 1.82) is 0 Å². The molecule has 0 aliphatic heterocycles. The summed E-state index contributed by atoms with van der Waals surface area (Å²) in [7, 11) is 0. The van der Waals surface area contributed by atoms with Crippen molar-refractivity contribution in [3.63, 3.8) is 0 Å². The van der Waals surface area contributed by atoms with Crippen molar-refractivity contribution < 1.29 is 9.90 Å². The highest BCUT2D eigenvalue weighted by Crippen LogP contribution is 2.40. The quantitative estimate of drug-likeness (QED) is 0.929. The number of carboxylic acid groups (broad SMARTS) is 1. The van der Waals surface area contributed by atoms with E-state index in [2.05, 4.69) is 26.0 Å². The second-order valence-corrected chi connectivity index (χ2v) is 5.67. The van der Waals surface area contributed by atoms with Crippen LogP contribution in [0.5, 0.6) is 0 Å². The predicted octanol–water partition coefficient (Wildman–Crippen LogP) is 3.26. The fourth-order valence-corrected chi connectivity index (χ4v) is 2.70. The maximum atomic E-state index is 11.0. The van der Waals surface area contributed by atoms with Crippen molar-refractivity contribution in [2.45, 2.75) is 18.8 Å². The van der Waals surface area contributed by atoms with Crippen LogP contribution in [0.3, 0.4) is 0 Å². The Morgan fingerprint density at radius 1 is 1.47 bits per heavy atom. The molecule has 0 unspecified atom stereocenters. The minimum atomic E-state index is -1.12. The topological polar surface area (TPSA) is 68.0 Å². The van der Waals surface area contributed by atoms with Crippen molar-refractivity contribution in [3.8, 4) is 5.69 Å². The van der Waals surface area contributed by atoms with E-state index in [1.165, 1.54) is 0 Å². The molecule has 0 saturated heterocycles. The van der Waals surface area contributed by atoms with Gasteiger partial charge in [-0.3, -0.25) is 0 Å². The van der Waals surface area contributed by atoms with Gasteiger partial charge in [-0.1, -0.05) is 11.6 Å². The number of hydrogen-bond donors (Lipinski definition) is 1. The van der Waals surface area contributed by atoms with E-state index in [4.69, 9.17) is 16.7 Å². The van der Waals surface area contributed by atoms with Crippen LogP contribution in [0.2, 0.25) is 5.02 Å². The minimum absolute atomic E-state index is 0.177. The standard InChI is InChI=1S/C12H9BrClN3O2/c13-8-5-7(14)3-4-9(8)17-11(6-1-2-6)15-10(16-17)12(18)19/h3-6H,1-2H2,(H,18,19). The lowest BCUT2D eigenvalue weighted by Gasteiger charge is -2.07. The lowest BCUT2D eigenvalue weighted by atomic mass is 10.3. The number of halogens is 2. The Hall–Kier alpha value is -1.40. The van der Waals surface area contributed by atoms with Gasteiger partial charge in [-0.2, -0.15) is 0 Å². The van der Waals surface area contributed by atoms with E-state index in [-0.39, 0.29) is 5.82 Å². The number of nitrogens with zero attached hydrogens (tertiary/aromatic N) is 3. The third kappa shape index (κ3) is 2.37. The Morgan fingerprint density at radius 3 is 2.79 bits per heavy atom. The largest absolute Gasteiger partial charge is 0.475 e. The number of benzene rings is 1. The summed E-state index contributed by atoms with van der Waals surface area (Å²) >= 11 is 9.32. The van der Waals surface area contributed by atoms with E-state index in [1.807, 2.05) is 0 Å². The average Bonchev–Trinajstić information content (AvgIpc) is 3.09. The first-order valence-electron chi connectivity index (χ1n) is 5.72. The predicted molar refractivity (Wildman–Crippen MR) is 73.0 cm³/mol. The summed E-state index contributed by atoms with van der Waals surface area (Å²) in [5, 5.41) is 13.7. The van der Waals surface area contributed by atoms with Gasteiger partial charge in [-0.15, -0.1) is 5.10 Å². The first kappa shape index (κ1) is 12.6. The highest BCUT2D eigenvalue weighted by molar-refractivity contribution is 9.10. The molecule has 1 aliphatic rings. The SMILES string of the molecule is O=C(O)c1nc(C2CC2)n(-c2ccc(Cl)cc2Br)n1. The highest BCUT2D eigenvalue weighted by Gasteiger charge is 2.31. The monoisotopic (exact) mass is 341 g/mol. The zero-order valence-electron chi connectivity index (χ0n) is 9.68. The Kier molecular flexibility index (Phi) is 3.06. The van der Waals surface area contributed by atoms with Crippen LogP contribution in [0.15, 0.2) is 22.7 Å². The molecule has 1 fully saturated rings. The molecule has 5 nitrogen and oxygen atoms in total. The molecule has 0 bridgehead atoms. The van der Waals surface area contributed by atoms with Crippen LogP contribution in [0.1, 0.15) is 35.2 Å². The zero-order chi connectivity index (χ0) is 13.6. The van der Waals surface area contributed by atoms with Gasteiger partial charge in [0.25, 0.3) is 5.82 Å². The second-order valence-electron chi connectivity index (χ2n) is 4.38. The summed E-state index contributed by atoms with van der Waals surface area (Å²) < 4.78 is 2.34. The Bertz CT molecular complexity index is 667. The van der Waals surface area contributed by atoms with Gasteiger partial charge in [0.2, 0.25) is 0 Å². The van der Waals surface area contributed by atoms with E-state index in [0.717, 1.165) is 23.0 Å². The number of hydrogen-bond acceptors (Lipinski definition) is 3. The number of carboxylic acids is 1. The van der Waals surface area contributed by atoms with Crippen molar-refractivity contribution in [2.75, 3.05) is 0 Å². The molecule has 19 heavy (non-hydrogen) atoms. The molecule has 1 aliphatic carbocycles. The zero-order valence-corrected chi connectivity index (χ0v) is 12.0. The number of rotatable bonds is 3. The average molecular weight is 343 g/mol. The van der Waals surface area contributed by atoms with Crippen LogP contribution >= 0.6 is 27.5 Å². The molecule has 1 N–H and O–H groups in total. The van der Waals surface area contributed by atoms with Crippen molar-refractivity contribution in [2.24, 2.45) is 0 Å². The lowest BCUT2D eigenvalue weighted by Crippen LogP contribution is -2.04. The highest BCUT2D eigenvalue weighted by atomic mass is 79.9. The molecular formula is C12H9BrClN3O2. The van der Waals surface area contributed by atoms with Crippen LogP contribution in [0, 0.1) is 0 Å². The molecule has 3 rings (SSSR count). The van der Waals surface area contributed by atoms with E-state index in [9.17, 15) is 4.79 Å². The summed E-state index contributed by atoms with van der Waals surface area (Å²) in [5.74, 6) is -0.307. The molecule has 0 atom stereocenters. The van der Waals surface area contributed by atoms with Crippen LogP contribution in [0.25, 0.3) is 5.69 Å². The van der Waals surface area contributed by atoms with Crippen molar-refractivity contribution >= 4 is 33.5 Å². The summed E-state index contributed by atoms with van der Waals surface area (Å²) in [6, 6.07) is 5.27. The van der Waals surface area contributed by atoms with Crippen LogP contribution in [-0.4, -0.2) is 25.8 Å². The maximum absolute atomic E-state index is 11.0. The molecular weight excluding hydrogens is 334 g/mol. The molecule has 1 saturated carbocycles. The lowest BCUT2D eigenvalue weighted by molar-refractivity contribution is 0.0683. The van der Waals surface area contributed by atoms with Gasteiger partial charge in [-0.25, -0.2) is 14.5 Å². The van der Waals surface area contributed by atoms with E-state index in [0.29, 0.717) is 16.8 Å². The summed E-state index contributed by atoms with van der Waals surface area (Å²) in [6.45, 7) is 0. The van der Waals surface area contributed by atoms with Crippen LogP contribution in [0.4, 0.5) is 0 Å². The molecule has 1 heterocycles. The second kappa shape index (κ2) is 4.61. The Labute approximate surface area is 122 Å². The first-order chi connectivity index (χ1) is 9.06. The van der Waals surface area contributed by atoms with Gasteiger partial charge in [0.05, 0.1) is 5.69 Å². The van der Waals surface area contributed by atoms with Crippen LogP contribution in [-0.2, 0) is 0 Å². The van der Waals surface area contributed by atoms with E-state index < -0.39 is 5.97 Å². The molecule has 98 valence electrons. The van der Waals surface area contributed by atoms with Crippen molar-refractivity contribution in [1.82, 2.24) is 14.8 Å². The Morgan fingerprint density at radius 2 is 2.21 bits per heavy atom. The number of aromatic carboxylic acids is 1. The maximum Gasteiger partial charge on any atom is 0.375 e. The molecule has 1 aromatic heterocycles. The Balaban J connectivity index is 2.15. The van der Waals surface area contributed by atoms with Gasteiger partial charge >= 0.3 is 5.97 Å². The third-order valence-electron chi connectivity index (χ3n) is 2.90. The van der Waals surface area contributed by atoms with Crippen molar-refractivity contribution in [3.05, 3.63) is 39.3 Å². The minimum Gasteiger partial charge on any atom is -0.475 e. The van der Waals surface area contributed by atoms with E-state index in [1.54, 1.807) is 22.9 Å². The summed E-state index contributed by atoms with van der Waals surface area (Å²) in [4.78, 5) is 15.1. The van der Waals surface area contributed by atoms with Gasteiger partial charge in [-0.05, 0) is 47.0 Å².